The molecule has 1 aromatic heterocycles. The second-order valence-corrected chi connectivity index (χ2v) is 7.17. The van der Waals surface area contributed by atoms with E-state index in [4.69, 9.17) is 55.6 Å². The van der Waals surface area contributed by atoms with Crippen LogP contribution in [0.1, 0.15) is 5.76 Å². The van der Waals surface area contributed by atoms with Gasteiger partial charge in [-0.15, -0.1) is 0 Å². The minimum Gasteiger partial charge on any atom is -0.482 e. The number of hydrogen-bond acceptors (Lipinski definition) is 4. The number of nitrogens with one attached hydrogen (secondary N) is 1. The normalized spacial score (nSPS) is 11.0. The molecular formula is C19H12Cl4N2O3. The molecule has 0 spiro atoms. The van der Waals surface area contributed by atoms with Crippen molar-refractivity contribution in [3.05, 3.63) is 74.4 Å². The summed E-state index contributed by atoms with van der Waals surface area (Å²) in [5.74, 6) is 0.834. The molecule has 0 radical (unpaired) electrons. The molecule has 0 aliphatic carbocycles. The van der Waals surface area contributed by atoms with Crippen LogP contribution >= 0.6 is 46.4 Å². The van der Waals surface area contributed by atoms with Gasteiger partial charge < -0.3 is 9.15 Å². The van der Waals surface area contributed by atoms with E-state index in [1.54, 1.807) is 42.5 Å². The van der Waals surface area contributed by atoms with Crippen LogP contribution in [0.4, 0.5) is 0 Å². The Morgan fingerprint density at radius 2 is 1.75 bits per heavy atom. The summed E-state index contributed by atoms with van der Waals surface area (Å²) in [5.41, 5.74) is 2.99. The Bertz CT molecular complexity index is 1030. The van der Waals surface area contributed by atoms with Gasteiger partial charge in [-0.05, 0) is 48.5 Å². The van der Waals surface area contributed by atoms with Crippen molar-refractivity contribution < 1.29 is 13.9 Å². The van der Waals surface area contributed by atoms with E-state index in [-0.39, 0.29) is 6.61 Å². The molecule has 0 bridgehead atoms. The van der Waals surface area contributed by atoms with Crippen molar-refractivity contribution in [2.75, 3.05) is 6.61 Å². The summed E-state index contributed by atoms with van der Waals surface area (Å²) >= 11 is 23.9. The molecule has 5 nitrogen and oxygen atoms in total. The molecule has 0 fully saturated rings. The zero-order valence-electron chi connectivity index (χ0n) is 14.1. The summed E-state index contributed by atoms with van der Waals surface area (Å²) in [6, 6.07) is 13.2. The fraction of sp³-hybridized carbons (Fsp3) is 0.0526. The maximum atomic E-state index is 11.8. The summed E-state index contributed by atoms with van der Waals surface area (Å²) in [7, 11) is 0. The summed E-state index contributed by atoms with van der Waals surface area (Å²) in [5, 5.41) is 5.66. The first-order valence-electron chi connectivity index (χ1n) is 7.87. The molecule has 0 saturated carbocycles. The maximum Gasteiger partial charge on any atom is 0.277 e. The fourth-order valence-electron chi connectivity index (χ4n) is 2.19. The number of carbonyl (C=O) groups is 1. The van der Waals surface area contributed by atoms with Gasteiger partial charge in [-0.3, -0.25) is 4.79 Å². The number of hydrazone groups is 1. The first-order valence-corrected chi connectivity index (χ1v) is 9.38. The van der Waals surface area contributed by atoms with Gasteiger partial charge >= 0.3 is 0 Å². The van der Waals surface area contributed by atoms with Crippen LogP contribution in [0.5, 0.6) is 5.75 Å². The van der Waals surface area contributed by atoms with Gasteiger partial charge in [0, 0.05) is 15.6 Å². The maximum absolute atomic E-state index is 11.8. The van der Waals surface area contributed by atoms with E-state index >= 15 is 0 Å². The molecule has 0 atom stereocenters. The highest BCUT2D eigenvalue weighted by molar-refractivity contribution is 6.36. The lowest BCUT2D eigenvalue weighted by Crippen LogP contribution is -2.24. The summed E-state index contributed by atoms with van der Waals surface area (Å²) < 4.78 is 11.0. The van der Waals surface area contributed by atoms with Gasteiger partial charge in [0.1, 0.15) is 17.3 Å². The van der Waals surface area contributed by atoms with Crippen molar-refractivity contribution in [2.45, 2.75) is 0 Å². The molecule has 28 heavy (non-hydrogen) atoms. The highest BCUT2D eigenvalue weighted by Crippen LogP contribution is 2.31. The van der Waals surface area contributed by atoms with Crippen molar-refractivity contribution in [3.8, 4) is 17.1 Å². The molecule has 2 aromatic carbocycles. The molecule has 3 rings (SSSR count). The SMILES string of the molecule is O=C(COc1ccc(Cl)cc1Cl)N/N=C\c1ccc(-c2cc(Cl)ccc2Cl)o1. The van der Waals surface area contributed by atoms with E-state index < -0.39 is 5.91 Å². The third kappa shape index (κ3) is 5.42. The van der Waals surface area contributed by atoms with Crippen molar-refractivity contribution in [1.29, 1.82) is 0 Å². The molecule has 3 aromatic rings. The number of halogens is 4. The lowest BCUT2D eigenvalue weighted by Gasteiger charge is -2.06. The Kier molecular flexibility index (Phi) is 6.86. The highest BCUT2D eigenvalue weighted by atomic mass is 35.5. The van der Waals surface area contributed by atoms with Crippen LogP contribution in [-0.4, -0.2) is 18.7 Å². The molecule has 0 aliphatic rings. The molecule has 144 valence electrons. The number of hydrogen-bond donors (Lipinski definition) is 1. The van der Waals surface area contributed by atoms with Crippen molar-refractivity contribution in [2.24, 2.45) is 5.10 Å². The average molecular weight is 458 g/mol. The number of furan rings is 1. The number of carbonyl (C=O) groups excluding carboxylic acids is 1. The third-order valence-electron chi connectivity index (χ3n) is 3.45. The van der Waals surface area contributed by atoms with Crippen LogP contribution in [0.2, 0.25) is 20.1 Å². The van der Waals surface area contributed by atoms with Crippen LogP contribution in [0.3, 0.4) is 0 Å². The van der Waals surface area contributed by atoms with Gasteiger partial charge in [0.2, 0.25) is 0 Å². The molecule has 1 amide bonds. The van der Waals surface area contributed by atoms with Gasteiger partial charge in [0.25, 0.3) is 5.91 Å². The zero-order chi connectivity index (χ0) is 20.1. The van der Waals surface area contributed by atoms with Crippen LogP contribution in [0.25, 0.3) is 11.3 Å². The Balaban J connectivity index is 1.55. The Labute approximate surface area is 180 Å². The van der Waals surface area contributed by atoms with E-state index in [9.17, 15) is 4.79 Å². The van der Waals surface area contributed by atoms with E-state index in [0.717, 1.165) is 0 Å². The van der Waals surface area contributed by atoms with Gasteiger partial charge in [-0.2, -0.15) is 5.10 Å². The largest absolute Gasteiger partial charge is 0.482 e. The van der Waals surface area contributed by atoms with Gasteiger partial charge in [-0.25, -0.2) is 5.43 Å². The van der Waals surface area contributed by atoms with Crippen LogP contribution in [-0.2, 0) is 4.79 Å². The summed E-state index contributed by atoms with van der Waals surface area (Å²) in [6.45, 7) is -0.264. The second kappa shape index (κ2) is 9.34. The van der Waals surface area contributed by atoms with Crippen LogP contribution in [0.15, 0.2) is 58.0 Å². The Morgan fingerprint density at radius 3 is 2.54 bits per heavy atom. The van der Waals surface area contributed by atoms with E-state index in [1.807, 2.05) is 0 Å². The molecule has 0 saturated heterocycles. The fourth-order valence-corrected chi connectivity index (χ4v) is 3.03. The molecule has 0 unspecified atom stereocenters. The number of amides is 1. The topological polar surface area (TPSA) is 63.8 Å². The average Bonchev–Trinajstić information content (AvgIpc) is 3.11. The van der Waals surface area contributed by atoms with Gasteiger partial charge in [-0.1, -0.05) is 46.4 Å². The molecule has 1 heterocycles. The highest BCUT2D eigenvalue weighted by Gasteiger charge is 2.09. The molecule has 1 N–H and O–H groups in total. The first kappa shape index (κ1) is 20.6. The lowest BCUT2D eigenvalue weighted by molar-refractivity contribution is -0.123. The van der Waals surface area contributed by atoms with Crippen molar-refractivity contribution >= 4 is 58.5 Å². The zero-order valence-corrected chi connectivity index (χ0v) is 17.1. The molecule has 9 heteroatoms. The van der Waals surface area contributed by atoms with E-state index in [0.29, 0.717) is 42.9 Å². The summed E-state index contributed by atoms with van der Waals surface area (Å²) in [4.78, 5) is 11.8. The third-order valence-corrected chi connectivity index (χ3v) is 4.55. The van der Waals surface area contributed by atoms with Crippen LogP contribution in [0, 0.1) is 0 Å². The minimum atomic E-state index is -0.466. The predicted octanol–water partition coefficient (Wildman–Crippen LogP) is 6.09. The first-order chi connectivity index (χ1) is 13.4. The number of rotatable bonds is 6. The molecule has 0 aliphatic heterocycles. The summed E-state index contributed by atoms with van der Waals surface area (Å²) in [6.07, 6.45) is 1.36. The van der Waals surface area contributed by atoms with E-state index in [2.05, 4.69) is 10.5 Å². The smallest absolute Gasteiger partial charge is 0.277 e. The van der Waals surface area contributed by atoms with Crippen molar-refractivity contribution in [3.63, 3.8) is 0 Å². The van der Waals surface area contributed by atoms with Crippen LogP contribution < -0.4 is 10.2 Å². The monoisotopic (exact) mass is 456 g/mol. The number of benzene rings is 2. The Hall–Kier alpha value is -2.18. The number of nitrogens with zero attached hydrogens (tertiary/aromatic N) is 1. The second-order valence-electron chi connectivity index (χ2n) is 5.48. The van der Waals surface area contributed by atoms with Gasteiger partial charge in [0.05, 0.1) is 16.3 Å². The van der Waals surface area contributed by atoms with Crippen molar-refractivity contribution in [1.82, 2.24) is 5.43 Å². The minimum absolute atomic E-state index is 0.264. The quantitative estimate of drug-likeness (QED) is 0.359. The van der Waals surface area contributed by atoms with Gasteiger partial charge in [0.15, 0.2) is 6.61 Å². The lowest BCUT2D eigenvalue weighted by atomic mass is 10.2. The Morgan fingerprint density at radius 1 is 1.00 bits per heavy atom. The molecular weight excluding hydrogens is 446 g/mol. The van der Waals surface area contributed by atoms with E-state index in [1.165, 1.54) is 12.3 Å². The predicted molar refractivity (Wildman–Crippen MR) is 112 cm³/mol. The standard InChI is InChI=1S/C19H12Cl4N2O3/c20-11-1-4-15(22)14(7-11)17-6-3-13(28-17)9-24-25-19(26)10-27-18-5-2-12(21)8-16(18)23/h1-9H,10H2,(H,25,26)/b24-9-. The number of ether oxygens (including phenoxy) is 1.